The Morgan fingerprint density at radius 1 is 0.900 bits per heavy atom. The lowest BCUT2D eigenvalue weighted by molar-refractivity contribution is 0.468. The second kappa shape index (κ2) is 6.75. The van der Waals surface area contributed by atoms with Crippen LogP contribution in [0.4, 0.5) is 5.69 Å². The molecule has 0 aliphatic heterocycles. The normalized spacial score (nSPS) is 10.7. The Bertz CT molecular complexity index is 641. The summed E-state index contributed by atoms with van der Waals surface area (Å²) in [7, 11) is 0. The van der Waals surface area contributed by atoms with Crippen LogP contribution in [0.2, 0.25) is 15.1 Å². The van der Waals surface area contributed by atoms with Crippen LogP contribution in [-0.4, -0.2) is 5.11 Å². The Labute approximate surface area is 148 Å². The highest BCUT2D eigenvalue weighted by Gasteiger charge is 2.08. The van der Waals surface area contributed by atoms with Gasteiger partial charge in [0, 0.05) is 6.54 Å². The smallest absolute Gasteiger partial charge is 0.143 e. The van der Waals surface area contributed by atoms with Crippen molar-refractivity contribution in [3.63, 3.8) is 0 Å². The molecule has 2 aromatic rings. The quantitative estimate of drug-likeness (QED) is 0.514. The van der Waals surface area contributed by atoms with Crippen LogP contribution in [0, 0.1) is 0 Å². The van der Waals surface area contributed by atoms with Crippen molar-refractivity contribution in [2.24, 2.45) is 0 Å². The largest absolute Gasteiger partial charge is 0.506 e. The standard InChI is InChI=1S/C13H8Br2Cl3NO/c14-7-1-6(2-8(15)13(7)20)5-19-12-4-10(17)9(16)3-11(12)18/h1-4,19-20H,5H2. The summed E-state index contributed by atoms with van der Waals surface area (Å²) >= 11 is 24.5. The average Bonchev–Trinajstić information content (AvgIpc) is 2.38. The molecule has 7 heteroatoms. The van der Waals surface area contributed by atoms with Gasteiger partial charge in [-0.15, -0.1) is 0 Å². The molecule has 106 valence electrons. The molecule has 20 heavy (non-hydrogen) atoms. The topological polar surface area (TPSA) is 32.3 Å². The third-order valence-corrected chi connectivity index (χ3v) is 4.81. The molecule has 0 saturated carbocycles. The number of anilines is 1. The number of phenols is 1. The van der Waals surface area contributed by atoms with E-state index in [9.17, 15) is 5.11 Å². The molecule has 2 aromatic carbocycles. The molecule has 0 saturated heterocycles. The van der Waals surface area contributed by atoms with Gasteiger partial charge in [-0.3, -0.25) is 0 Å². The van der Waals surface area contributed by atoms with E-state index < -0.39 is 0 Å². The molecule has 0 fully saturated rings. The molecule has 2 rings (SSSR count). The summed E-state index contributed by atoms with van der Waals surface area (Å²) in [6, 6.07) is 6.91. The fourth-order valence-electron chi connectivity index (χ4n) is 1.58. The van der Waals surface area contributed by atoms with Crippen LogP contribution in [0.15, 0.2) is 33.2 Å². The van der Waals surface area contributed by atoms with Gasteiger partial charge in [-0.2, -0.15) is 0 Å². The number of phenolic OH excluding ortho intramolecular Hbond substituents is 1. The van der Waals surface area contributed by atoms with Crippen LogP contribution >= 0.6 is 66.7 Å². The maximum absolute atomic E-state index is 9.66. The predicted octanol–water partition coefficient (Wildman–Crippen LogP) is 6.49. The summed E-state index contributed by atoms with van der Waals surface area (Å²) in [6.45, 7) is 0.523. The molecule has 2 N–H and O–H groups in total. The van der Waals surface area contributed by atoms with Crippen molar-refractivity contribution in [2.75, 3.05) is 5.32 Å². The molecule has 0 radical (unpaired) electrons. The van der Waals surface area contributed by atoms with Crippen molar-refractivity contribution in [3.05, 3.63) is 53.8 Å². The molecule has 0 spiro atoms. The number of rotatable bonds is 3. The fraction of sp³-hybridized carbons (Fsp3) is 0.0769. The van der Waals surface area contributed by atoms with Gasteiger partial charge in [0.2, 0.25) is 0 Å². The number of benzene rings is 2. The number of nitrogens with one attached hydrogen (secondary N) is 1. The fourth-order valence-corrected chi connectivity index (χ4v) is 3.47. The molecule has 0 unspecified atom stereocenters. The molecule has 0 aliphatic rings. The first-order chi connectivity index (χ1) is 9.38. The van der Waals surface area contributed by atoms with Crippen molar-refractivity contribution in [1.82, 2.24) is 0 Å². The molecule has 2 nitrogen and oxygen atoms in total. The average molecular weight is 460 g/mol. The molecule has 0 aliphatic carbocycles. The van der Waals surface area contributed by atoms with E-state index in [2.05, 4.69) is 37.2 Å². The van der Waals surface area contributed by atoms with Crippen molar-refractivity contribution in [2.45, 2.75) is 6.54 Å². The number of halogens is 5. The molecule has 0 heterocycles. The van der Waals surface area contributed by atoms with Gasteiger partial charge in [0.05, 0.1) is 29.7 Å². The first-order valence-corrected chi connectivity index (χ1v) is 8.15. The van der Waals surface area contributed by atoms with Gasteiger partial charge in [0.25, 0.3) is 0 Å². The molecular formula is C13H8Br2Cl3NO. The first-order valence-electron chi connectivity index (χ1n) is 5.44. The summed E-state index contributed by atoms with van der Waals surface area (Å²) in [4.78, 5) is 0. The van der Waals surface area contributed by atoms with Gasteiger partial charge < -0.3 is 10.4 Å². The summed E-state index contributed by atoms with van der Waals surface area (Å²) in [5.41, 5.74) is 1.66. The Balaban J connectivity index is 2.19. The third-order valence-electron chi connectivity index (χ3n) is 2.57. The van der Waals surface area contributed by atoms with Crippen LogP contribution in [0.25, 0.3) is 0 Å². The third kappa shape index (κ3) is 3.74. The number of hydrogen-bond donors (Lipinski definition) is 2. The zero-order valence-corrected chi connectivity index (χ0v) is 15.3. The Kier molecular flexibility index (Phi) is 5.49. The Morgan fingerprint density at radius 2 is 1.45 bits per heavy atom. The summed E-state index contributed by atoms with van der Waals surface area (Å²) in [6.07, 6.45) is 0. The molecule has 0 amide bonds. The van der Waals surface area contributed by atoms with Gasteiger partial charge in [-0.05, 0) is 61.7 Å². The van der Waals surface area contributed by atoms with Crippen LogP contribution in [-0.2, 0) is 6.54 Å². The van der Waals surface area contributed by atoms with E-state index in [1.54, 1.807) is 12.1 Å². The number of hydrogen-bond acceptors (Lipinski definition) is 2. The Hall–Kier alpha value is -0.130. The second-order valence-electron chi connectivity index (χ2n) is 4.01. The SMILES string of the molecule is Oc1c(Br)cc(CNc2cc(Cl)c(Cl)cc2Cl)cc1Br. The lowest BCUT2D eigenvalue weighted by Gasteiger charge is -2.11. The van der Waals surface area contributed by atoms with E-state index in [-0.39, 0.29) is 5.75 Å². The van der Waals surface area contributed by atoms with Gasteiger partial charge in [-0.1, -0.05) is 34.8 Å². The van der Waals surface area contributed by atoms with Crippen LogP contribution in [0.3, 0.4) is 0 Å². The van der Waals surface area contributed by atoms with E-state index in [4.69, 9.17) is 34.8 Å². The first kappa shape index (κ1) is 16.2. The van der Waals surface area contributed by atoms with E-state index in [1.165, 1.54) is 0 Å². The minimum Gasteiger partial charge on any atom is -0.506 e. The summed E-state index contributed by atoms with van der Waals surface area (Å²) < 4.78 is 1.23. The Morgan fingerprint density at radius 3 is 2.05 bits per heavy atom. The van der Waals surface area contributed by atoms with Crippen LogP contribution in [0.5, 0.6) is 5.75 Å². The molecule has 0 bridgehead atoms. The molecule has 0 aromatic heterocycles. The van der Waals surface area contributed by atoms with Crippen LogP contribution in [0.1, 0.15) is 5.56 Å². The molecular weight excluding hydrogens is 452 g/mol. The van der Waals surface area contributed by atoms with Gasteiger partial charge >= 0.3 is 0 Å². The maximum atomic E-state index is 9.66. The zero-order chi connectivity index (χ0) is 14.9. The lowest BCUT2D eigenvalue weighted by Crippen LogP contribution is -2.00. The van der Waals surface area contributed by atoms with Gasteiger partial charge in [0.1, 0.15) is 5.75 Å². The van der Waals surface area contributed by atoms with Crippen molar-refractivity contribution >= 4 is 72.4 Å². The van der Waals surface area contributed by atoms with E-state index in [0.717, 1.165) is 5.56 Å². The van der Waals surface area contributed by atoms with Crippen molar-refractivity contribution in [3.8, 4) is 5.75 Å². The van der Waals surface area contributed by atoms with E-state index in [0.29, 0.717) is 36.2 Å². The van der Waals surface area contributed by atoms with Crippen molar-refractivity contribution < 1.29 is 5.11 Å². The predicted molar refractivity (Wildman–Crippen MR) is 92.3 cm³/mol. The van der Waals surface area contributed by atoms with Gasteiger partial charge in [0.15, 0.2) is 0 Å². The summed E-state index contributed by atoms with van der Waals surface area (Å²) in [5.74, 6) is 0.168. The highest BCUT2D eigenvalue weighted by Crippen LogP contribution is 2.35. The maximum Gasteiger partial charge on any atom is 0.143 e. The highest BCUT2D eigenvalue weighted by molar-refractivity contribution is 9.11. The summed E-state index contributed by atoms with van der Waals surface area (Å²) in [5, 5.41) is 14.2. The zero-order valence-electron chi connectivity index (χ0n) is 9.85. The molecule has 0 atom stereocenters. The second-order valence-corrected chi connectivity index (χ2v) is 6.94. The minimum atomic E-state index is 0.168. The van der Waals surface area contributed by atoms with Crippen molar-refractivity contribution in [1.29, 1.82) is 0 Å². The van der Waals surface area contributed by atoms with E-state index in [1.807, 2.05) is 12.1 Å². The van der Waals surface area contributed by atoms with Crippen LogP contribution < -0.4 is 5.32 Å². The van der Waals surface area contributed by atoms with E-state index >= 15 is 0 Å². The van der Waals surface area contributed by atoms with Gasteiger partial charge in [-0.25, -0.2) is 0 Å². The number of aromatic hydroxyl groups is 1. The monoisotopic (exact) mass is 457 g/mol. The lowest BCUT2D eigenvalue weighted by atomic mass is 10.2. The highest BCUT2D eigenvalue weighted by atomic mass is 79.9. The minimum absolute atomic E-state index is 0.168.